The molecule has 0 spiro atoms. The van der Waals surface area contributed by atoms with Crippen molar-refractivity contribution in [3.05, 3.63) is 35.2 Å². The van der Waals surface area contributed by atoms with E-state index in [0.717, 1.165) is 36.3 Å². The molecule has 1 atom stereocenters. The molecule has 96 valence electrons. The number of hydrogen-bond donors (Lipinski definition) is 1. The number of nitrogens with zero attached hydrogens (tertiary/aromatic N) is 1. The Morgan fingerprint density at radius 1 is 1.53 bits per heavy atom. The molecule has 1 aliphatic carbocycles. The van der Waals surface area contributed by atoms with Crippen molar-refractivity contribution >= 4 is 5.82 Å². The van der Waals surface area contributed by atoms with Gasteiger partial charge in [-0.3, -0.25) is 5.73 Å². The first-order valence-corrected chi connectivity index (χ1v) is 6.54. The van der Waals surface area contributed by atoms with Gasteiger partial charge in [-0.1, -0.05) is 6.92 Å². The maximum Gasteiger partial charge on any atom is 0.289 e. The molecule has 0 saturated heterocycles. The van der Waals surface area contributed by atoms with Gasteiger partial charge >= 0.3 is 0 Å². The Kier molecular flexibility index (Phi) is 2.75. The number of anilines is 1. The maximum absolute atomic E-state index is 9.37. The van der Waals surface area contributed by atoms with Gasteiger partial charge in [0.25, 0.3) is 5.82 Å². The molecule has 4 heteroatoms. The van der Waals surface area contributed by atoms with Crippen molar-refractivity contribution in [2.45, 2.75) is 32.1 Å². The SMILES string of the molecule is C[C@@H]1CCCc2c1[nH+]c(N)c(C#N)c2-c1ccco1. The number of pyridine rings is 1. The number of hydrogen-bond acceptors (Lipinski definition) is 3. The third-order valence-corrected chi connectivity index (χ3v) is 3.85. The van der Waals surface area contributed by atoms with Crippen LogP contribution in [-0.2, 0) is 6.42 Å². The van der Waals surface area contributed by atoms with E-state index in [1.165, 1.54) is 5.56 Å². The maximum atomic E-state index is 9.37. The minimum absolute atomic E-state index is 0.432. The van der Waals surface area contributed by atoms with Gasteiger partial charge < -0.3 is 4.42 Å². The fourth-order valence-electron chi connectivity index (χ4n) is 2.92. The van der Waals surface area contributed by atoms with Crippen LogP contribution in [0.1, 0.15) is 42.5 Å². The van der Waals surface area contributed by atoms with Crippen LogP contribution in [0.5, 0.6) is 0 Å². The van der Waals surface area contributed by atoms with Crippen molar-refractivity contribution in [3.8, 4) is 17.4 Å². The fourth-order valence-corrected chi connectivity index (χ4v) is 2.92. The van der Waals surface area contributed by atoms with Crippen LogP contribution in [0.4, 0.5) is 5.82 Å². The predicted octanol–water partition coefficient (Wildman–Crippen LogP) is 2.65. The Morgan fingerprint density at radius 2 is 2.37 bits per heavy atom. The molecule has 4 nitrogen and oxygen atoms in total. The summed E-state index contributed by atoms with van der Waals surface area (Å²) in [6, 6.07) is 5.92. The molecule has 2 aromatic heterocycles. The van der Waals surface area contributed by atoms with E-state index in [9.17, 15) is 5.26 Å². The van der Waals surface area contributed by atoms with Gasteiger partial charge in [0.1, 0.15) is 17.5 Å². The van der Waals surface area contributed by atoms with E-state index in [2.05, 4.69) is 18.0 Å². The smallest absolute Gasteiger partial charge is 0.289 e. The van der Waals surface area contributed by atoms with Crippen LogP contribution >= 0.6 is 0 Å². The van der Waals surface area contributed by atoms with Gasteiger partial charge in [-0.05, 0) is 31.4 Å². The van der Waals surface area contributed by atoms with Gasteiger partial charge in [0.2, 0.25) is 0 Å². The summed E-state index contributed by atoms with van der Waals surface area (Å²) in [5.41, 5.74) is 9.69. The molecule has 0 saturated carbocycles. The fraction of sp³-hybridized carbons (Fsp3) is 0.333. The minimum atomic E-state index is 0.432. The molecule has 0 radical (unpaired) electrons. The highest BCUT2D eigenvalue weighted by Crippen LogP contribution is 2.38. The van der Waals surface area contributed by atoms with E-state index in [4.69, 9.17) is 10.2 Å². The normalized spacial score (nSPS) is 17.8. The second-order valence-electron chi connectivity index (χ2n) is 5.06. The number of nitrogens with one attached hydrogen (secondary N) is 1. The van der Waals surface area contributed by atoms with Crippen molar-refractivity contribution in [2.75, 3.05) is 5.73 Å². The molecule has 19 heavy (non-hydrogen) atoms. The van der Waals surface area contributed by atoms with Crippen molar-refractivity contribution < 1.29 is 9.40 Å². The van der Waals surface area contributed by atoms with Gasteiger partial charge in [0.05, 0.1) is 11.8 Å². The third-order valence-electron chi connectivity index (χ3n) is 3.85. The summed E-state index contributed by atoms with van der Waals surface area (Å²) in [6.07, 6.45) is 4.86. The van der Waals surface area contributed by atoms with Crippen molar-refractivity contribution in [1.29, 1.82) is 5.26 Å². The van der Waals surface area contributed by atoms with Crippen LogP contribution in [0.25, 0.3) is 11.3 Å². The number of fused-ring (bicyclic) bond motifs is 1. The van der Waals surface area contributed by atoms with E-state index >= 15 is 0 Å². The molecular weight excluding hydrogens is 238 g/mol. The topological polar surface area (TPSA) is 77.1 Å². The van der Waals surface area contributed by atoms with Crippen LogP contribution in [0.15, 0.2) is 22.8 Å². The summed E-state index contributed by atoms with van der Waals surface area (Å²) in [5, 5.41) is 9.37. The molecule has 2 aromatic rings. The van der Waals surface area contributed by atoms with E-state index in [-0.39, 0.29) is 0 Å². The summed E-state index contributed by atoms with van der Waals surface area (Å²) in [7, 11) is 0. The van der Waals surface area contributed by atoms with Crippen LogP contribution in [0, 0.1) is 11.3 Å². The standard InChI is InChI=1S/C15H15N3O/c1-9-4-2-5-10-13(12-6-3-7-19-12)11(8-16)15(17)18-14(9)10/h3,6-7,9H,2,4-5H2,1H3,(H2,17,18)/p+1/t9-/m1/s1. The zero-order valence-corrected chi connectivity index (χ0v) is 10.9. The first-order chi connectivity index (χ1) is 9.22. The molecule has 0 aliphatic heterocycles. The molecule has 0 aromatic carbocycles. The lowest BCUT2D eigenvalue weighted by Gasteiger charge is -2.22. The largest absolute Gasteiger partial charge is 0.464 e. The lowest BCUT2D eigenvalue weighted by molar-refractivity contribution is -0.377. The molecule has 0 amide bonds. The Labute approximate surface area is 111 Å². The summed E-state index contributed by atoms with van der Waals surface area (Å²) < 4.78 is 5.50. The monoisotopic (exact) mass is 254 g/mol. The summed E-state index contributed by atoms with van der Waals surface area (Å²) in [6.45, 7) is 2.19. The zero-order valence-electron chi connectivity index (χ0n) is 10.9. The number of nitriles is 1. The van der Waals surface area contributed by atoms with Crippen LogP contribution in [0.2, 0.25) is 0 Å². The predicted molar refractivity (Wildman–Crippen MR) is 71.2 cm³/mol. The Morgan fingerprint density at radius 3 is 3.05 bits per heavy atom. The molecule has 0 fully saturated rings. The average Bonchev–Trinajstić information content (AvgIpc) is 2.92. The second-order valence-corrected chi connectivity index (χ2v) is 5.06. The number of aromatic nitrogens is 1. The molecule has 0 bridgehead atoms. The van der Waals surface area contributed by atoms with Gasteiger partial charge in [-0.25, -0.2) is 4.98 Å². The molecule has 0 unspecified atom stereocenters. The van der Waals surface area contributed by atoms with E-state index in [1.54, 1.807) is 6.26 Å². The summed E-state index contributed by atoms with van der Waals surface area (Å²) in [4.78, 5) is 3.21. The molecule has 3 rings (SSSR count). The van der Waals surface area contributed by atoms with E-state index in [1.807, 2.05) is 12.1 Å². The number of furan rings is 1. The lowest BCUT2D eigenvalue weighted by atomic mass is 9.83. The Balaban J connectivity index is 2.34. The van der Waals surface area contributed by atoms with Gasteiger partial charge in [0, 0.05) is 11.5 Å². The first kappa shape index (κ1) is 11.8. The number of rotatable bonds is 1. The van der Waals surface area contributed by atoms with Crippen molar-refractivity contribution in [3.63, 3.8) is 0 Å². The molecule has 1 aliphatic rings. The Bertz CT molecular complexity index is 653. The van der Waals surface area contributed by atoms with Crippen LogP contribution in [-0.4, -0.2) is 0 Å². The zero-order chi connectivity index (χ0) is 13.4. The number of aromatic amines is 1. The highest BCUT2D eigenvalue weighted by atomic mass is 16.3. The number of nitrogens with two attached hydrogens (primary N) is 1. The van der Waals surface area contributed by atoms with Gasteiger partial charge in [0.15, 0.2) is 5.56 Å². The Hall–Kier alpha value is -2.28. The average molecular weight is 254 g/mol. The molecule has 2 heterocycles. The van der Waals surface area contributed by atoms with Gasteiger partial charge in [-0.2, -0.15) is 5.26 Å². The van der Waals surface area contributed by atoms with E-state index in [0.29, 0.717) is 17.3 Å². The second kappa shape index (κ2) is 4.43. The van der Waals surface area contributed by atoms with Gasteiger partial charge in [-0.15, -0.1) is 0 Å². The minimum Gasteiger partial charge on any atom is -0.464 e. The number of nitrogen functional groups attached to an aromatic ring is 1. The van der Waals surface area contributed by atoms with Crippen LogP contribution < -0.4 is 10.7 Å². The van der Waals surface area contributed by atoms with Crippen molar-refractivity contribution in [2.24, 2.45) is 0 Å². The van der Waals surface area contributed by atoms with Crippen molar-refractivity contribution in [1.82, 2.24) is 0 Å². The lowest BCUT2D eigenvalue weighted by Crippen LogP contribution is -2.26. The number of H-pyrrole nitrogens is 1. The van der Waals surface area contributed by atoms with Crippen LogP contribution in [0.3, 0.4) is 0 Å². The summed E-state index contributed by atoms with van der Waals surface area (Å²) >= 11 is 0. The molecule has 3 N–H and O–H groups in total. The highest BCUT2D eigenvalue weighted by Gasteiger charge is 2.29. The summed E-state index contributed by atoms with van der Waals surface area (Å²) in [5.74, 6) is 1.59. The third kappa shape index (κ3) is 1.78. The molecular formula is C15H16N3O+. The first-order valence-electron chi connectivity index (χ1n) is 6.54. The van der Waals surface area contributed by atoms with E-state index < -0.39 is 0 Å². The highest BCUT2D eigenvalue weighted by molar-refractivity contribution is 5.74. The quantitative estimate of drug-likeness (QED) is 0.849.